The second-order valence-corrected chi connectivity index (χ2v) is 29.3. The van der Waals surface area contributed by atoms with Crippen molar-refractivity contribution in [3.8, 4) is 123 Å². The van der Waals surface area contributed by atoms with E-state index in [9.17, 15) is 0 Å². The van der Waals surface area contributed by atoms with Crippen LogP contribution in [0.15, 0.2) is 376 Å². The Labute approximate surface area is 622 Å². The van der Waals surface area contributed by atoms with Crippen molar-refractivity contribution in [3.63, 3.8) is 0 Å². The number of hydrogen-bond donors (Lipinski definition) is 0. The summed E-state index contributed by atoms with van der Waals surface area (Å²) in [6, 6.07) is 141. The Morgan fingerprint density at radius 1 is 0.120 bits per heavy atom. The van der Waals surface area contributed by atoms with E-state index in [0.717, 1.165) is 28.2 Å². The highest BCUT2D eigenvalue weighted by Gasteiger charge is 2.29. The van der Waals surface area contributed by atoms with Crippen molar-refractivity contribution in [2.75, 3.05) is 0 Å². The van der Waals surface area contributed by atoms with Crippen LogP contribution < -0.4 is 0 Å². The number of aromatic nitrogens is 4. The van der Waals surface area contributed by atoms with Crippen molar-refractivity contribution in [1.82, 2.24) is 18.3 Å². The summed E-state index contributed by atoms with van der Waals surface area (Å²) in [5.41, 5.74) is 36.5. The third kappa shape index (κ3) is 8.34. The molecule has 0 saturated heterocycles. The molecule has 24 rings (SSSR count). The summed E-state index contributed by atoms with van der Waals surface area (Å²) >= 11 is 0. The van der Waals surface area contributed by atoms with Crippen LogP contribution in [-0.4, -0.2) is 18.3 Å². The first-order valence-electron chi connectivity index (χ1n) is 37.5. The van der Waals surface area contributed by atoms with Gasteiger partial charge in [-0.05, 0) is 237 Å². The summed E-state index contributed by atoms with van der Waals surface area (Å²) in [5.74, 6) is 0. The molecule has 0 radical (unpaired) electrons. The van der Waals surface area contributed by atoms with Crippen LogP contribution in [-0.2, 0) is 0 Å². The van der Waals surface area contributed by atoms with Crippen LogP contribution in [0.3, 0.4) is 0 Å². The average Bonchev–Trinajstić information content (AvgIpc) is 1.59. The molecule has 0 fully saturated rings. The Balaban J connectivity index is 0.561. The highest BCUT2D eigenvalue weighted by atomic mass is 15.0. The lowest BCUT2D eigenvalue weighted by atomic mass is 9.92. The van der Waals surface area contributed by atoms with E-state index in [1.54, 1.807) is 0 Å². The van der Waals surface area contributed by atoms with Crippen LogP contribution in [0.2, 0.25) is 0 Å². The van der Waals surface area contributed by atoms with Gasteiger partial charge in [-0.15, -0.1) is 0 Å². The van der Waals surface area contributed by atoms with Crippen molar-refractivity contribution in [3.05, 3.63) is 376 Å². The largest absolute Gasteiger partial charge is 0.309 e. The Morgan fingerprint density at radius 3 is 0.981 bits per heavy atom. The van der Waals surface area contributed by atoms with Crippen molar-refractivity contribution in [1.29, 1.82) is 0 Å². The summed E-state index contributed by atoms with van der Waals surface area (Å²) in [7, 11) is 0. The maximum atomic E-state index is 2.47. The predicted molar refractivity (Wildman–Crippen MR) is 455 cm³/mol. The first-order chi connectivity index (χ1) is 53.6. The van der Waals surface area contributed by atoms with Gasteiger partial charge in [0.2, 0.25) is 0 Å². The average molecular weight is 1370 g/mol. The van der Waals surface area contributed by atoms with Gasteiger partial charge in [0.15, 0.2) is 0 Å². The molecule has 0 saturated carbocycles. The van der Waals surface area contributed by atoms with Crippen LogP contribution in [0.25, 0.3) is 232 Å². The number of nitrogens with zero attached hydrogens (tertiary/aromatic N) is 4. The van der Waals surface area contributed by atoms with E-state index in [-0.39, 0.29) is 0 Å². The molecule has 0 atom stereocenters. The molecule has 0 aliphatic heterocycles. The lowest BCUT2D eigenvalue weighted by Crippen LogP contribution is -1.95. The maximum absolute atomic E-state index is 2.47. The molecule has 4 aromatic heterocycles. The fourth-order valence-corrected chi connectivity index (χ4v) is 19.3. The minimum Gasteiger partial charge on any atom is -0.309 e. The van der Waals surface area contributed by atoms with Gasteiger partial charge in [-0.1, -0.05) is 261 Å². The van der Waals surface area contributed by atoms with Crippen molar-refractivity contribution in [2.45, 2.75) is 0 Å². The van der Waals surface area contributed by atoms with Crippen LogP contribution in [0.1, 0.15) is 0 Å². The molecule has 4 heterocycles. The second kappa shape index (κ2) is 22.6. The van der Waals surface area contributed by atoms with Crippen molar-refractivity contribution in [2.24, 2.45) is 0 Å². The number of fused-ring (bicyclic) bond motifs is 18. The molecular formula is C104H62N4. The molecule has 0 bridgehead atoms. The number of benzene rings is 18. The van der Waals surface area contributed by atoms with E-state index in [1.807, 2.05) is 0 Å². The summed E-state index contributed by atoms with van der Waals surface area (Å²) < 4.78 is 9.74. The van der Waals surface area contributed by atoms with Crippen LogP contribution in [0.4, 0.5) is 0 Å². The normalized spacial score (nSPS) is 12.3. The van der Waals surface area contributed by atoms with Gasteiger partial charge in [-0.3, -0.25) is 0 Å². The number of hydrogen-bond acceptors (Lipinski definition) is 0. The molecule has 2 aliphatic rings. The first kappa shape index (κ1) is 59.1. The molecule has 0 N–H and O–H groups in total. The van der Waals surface area contributed by atoms with E-state index in [0.29, 0.717) is 0 Å². The topological polar surface area (TPSA) is 19.7 Å². The molecule has 0 unspecified atom stereocenters. The molecule has 0 spiro atoms. The lowest BCUT2D eigenvalue weighted by molar-refractivity contribution is 1.18. The zero-order valence-electron chi connectivity index (χ0n) is 58.6. The minimum absolute atomic E-state index is 1.12. The molecule has 18 aromatic carbocycles. The molecule has 4 nitrogen and oxygen atoms in total. The van der Waals surface area contributed by atoms with E-state index >= 15 is 0 Å². The van der Waals surface area contributed by atoms with Gasteiger partial charge in [-0.25, -0.2) is 0 Å². The Morgan fingerprint density at radius 2 is 0.435 bits per heavy atom. The van der Waals surface area contributed by atoms with Crippen molar-refractivity contribution >= 4 is 109 Å². The van der Waals surface area contributed by atoms with E-state index < -0.39 is 0 Å². The highest BCUT2D eigenvalue weighted by Crippen LogP contribution is 2.55. The van der Waals surface area contributed by atoms with Crippen LogP contribution in [0, 0.1) is 0 Å². The van der Waals surface area contributed by atoms with Gasteiger partial charge >= 0.3 is 0 Å². The van der Waals surface area contributed by atoms with Gasteiger partial charge < -0.3 is 18.3 Å². The fraction of sp³-hybridized carbons (Fsp3) is 0. The Bertz CT molecular complexity index is 7650. The Hall–Kier alpha value is -14.3. The van der Waals surface area contributed by atoms with Gasteiger partial charge in [0, 0.05) is 65.8 Å². The first-order valence-corrected chi connectivity index (χ1v) is 37.5. The SMILES string of the molecule is c1ccc(-n2c3ccccc3c3cc(-c4ccc5c(c4)-c4cccc6c(-c7cccc8c7c7ccccc7n8-c7cccc(-c8ccc(-n9c%10ccccc%10c%10c(-c%11ccc%12c(c%11)-c%11cccc%13c(-c%14cccc%15c%14c%14ccccc%14n%15-c%14ccccc%14)ccc-%12c%11%13)cccc%109)cc8)c7)ccc-5c46)ccc32)cc1. The van der Waals surface area contributed by atoms with Gasteiger partial charge in [0.25, 0.3) is 0 Å². The van der Waals surface area contributed by atoms with Crippen LogP contribution >= 0.6 is 0 Å². The smallest absolute Gasteiger partial charge is 0.0547 e. The summed E-state index contributed by atoms with van der Waals surface area (Å²) in [5, 5.41) is 15.2. The molecule has 22 aromatic rings. The molecular weight excluding hydrogens is 1310 g/mol. The summed E-state index contributed by atoms with van der Waals surface area (Å²) in [4.78, 5) is 0. The minimum atomic E-state index is 1.12. The zero-order chi connectivity index (χ0) is 70.4. The standard InChI is InChI=1S/C104H62N4/c1-3-22-68(23-4-1)105-92-38-11-7-27-77(92)91-61-66(49-58-96(91)105)65-47-52-75-84-56-54-74(78-32-16-34-82(100(78)84)89(75)60-65)81-37-20-44-99-104(81)88-30-10-14-41-95(88)108(99)71-26-15-21-64(59-71)63-45-50-70(51-46-63)107-93-39-12-8-28-86(93)102-72(31-18-42-97(102)107)67-48-53-76-85-57-55-73(79-33-17-35-83(101(79)85)90(76)62-67)80-36-19-43-98-103(80)87-29-9-13-40-94(87)106(98)69-24-5-2-6-25-69/h1-62H. The quantitative estimate of drug-likeness (QED) is 0.137. The van der Waals surface area contributed by atoms with Gasteiger partial charge in [-0.2, -0.15) is 0 Å². The third-order valence-corrected chi connectivity index (χ3v) is 23.9. The third-order valence-electron chi connectivity index (χ3n) is 23.9. The molecule has 498 valence electrons. The van der Waals surface area contributed by atoms with E-state index in [2.05, 4.69) is 394 Å². The molecule has 4 heteroatoms. The molecule has 2 aliphatic carbocycles. The van der Waals surface area contributed by atoms with Gasteiger partial charge in [0.1, 0.15) is 0 Å². The highest BCUT2D eigenvalue weighted by molar-refractivity contribution is 6.26. The van der Waals surface area contributed by atoms with E-state index in [1.165, 1.54) is 203 Å². The predicted octanol–water partition coefficient (Wildman–Crippen LogP) is 28.0. The molecule has 108 heavy (non-hydrogen) atoms. The lowest BCUT2D eigenvalue weighted by Gasteiger charge is -2.13. The zero-order valence-corrected chi connectivity index (χ0v) is 58.6. The van der Waals surface area contributed by atoms with Gasteiger partial charge in [0.05, 0.1) is 44.1 Å². The fourth-order valence-electron chi connectivity index (χ4n) is 19.3. The second-order valence-electron chi connectivity index (χ2n) is 29.3. The summed E-state index contributed by atoms with van der Waals surface area (Å²) in [6.07, 6.45) is 0. The number of para-hydroxylation sites is 6. The van der Waals surface area contributed by atoms with Crippen molar-refractivity contribution < 1.29 is 0 Å². The summed E-state index contributed by atoms with van der Waals surface area (Å²) in [6.45, 7) is 0. The monoisotopic (exact) mass is 1370 g/mol. The maximum Gasteiger partial charge on any atom is 0.0547 e. The van der Waals surface area contributed by atoms with Crippen LogP contribution in [0.5, 0.6) is 0 Å². The Kier molecular flexibility index (Phi) is 12.4. The van der Waals surface area contributed by atoms with E-state index in [4.69, 9.17) is 0 Å². The number of rotatable bonds is 9. The molecule has 0 amide bonds.